The van der Waals surface area contributed by atoms with E-state index in [1.165, 1.54) is 18.4 Å². The number of H-pyrrole nitrogens is 1. The zero-order valence-corrected chi connectivity index (χ0v) is 16.1. The molecule has 0 amide bonds. The fraction of sp³-hybridized carbons (Fsp3) is 0.684. The summed E-state index contributed by atoms with van der Waals surface area (Å²) in [7, 11) is 1.60. The van der Waals surface area contributed by atoms with Crippen molar-refractivity contribution in [2.24, 2.45) is 11.8 Å². The van der Waals surface area contributed by atoms with Gasteiger partial charge in [-0.25, -0.2) is 15.0 Å². The van der Waals surface area contributed by atoms with Crippen LogP contribution in [-0.4, -0.2) is 50.2 Å². The molecule has 1 N–H and O–H groups in total. The van der Waals surface area contributed by atoms with Crippen LogP contribution < -0.4 is 4.74 Å². The number of likely N-dealkylation sites (tertiary alicyclic amines) is 1. The molecule has 7 nitrogen and oxygen atoms in total. The summed E-state index contributed by atoms with van der Waals surface area (Å²) in [5.41, 5.74) is 2.16. The van der Waals surface area contributed by atoms with E-state index in [4.69, 9.17) is 9.72 Å². The van der Waals surface area contributed by atoms with Gasteiger partial charge in [-0.3, -0.25) is 10.00 Å². The molecule has 4 rings (SSSR count). The number of hydrogen-bond donors (Lipinski definition) is 1. The van der Waals surface area contributed by atoms with E-state index in [0.717, 1.165) is 42.9 Å². The van der Waals surface area contributed by atoms with Crippen LogP contribution in [0.3, 0.4) is 0 Å². The first-order valence-electron chi connectivity index (χ1n) is 9.56. The molecule has 1 saturated carbocycles. The van der Waals surface area contributed by atoms with E-state index in [1.54, 1.807) is 7.11 Å². The monoisotopic (exact) mass is 356 g/mol. The lowest BCUT2D eigenvalue weighted by Gasteiger charge is -2.16. The fourth-order valence-electron chi connectivity index (χ4n) is 4.01. The number of aromatic amines is 1. The van der Waals surface area contributed by atoms with Crippen LogP contribution in [0.25, 0.3) is 0 Å². The molecular formula is C19H28N6O. The zero-order valence-electron chi connectivity index (χ0n) is 16.1. The molecule has 1 aliphatic heterocycles. The second kappa shape index (κ2) is 6.95. The standard InChI is InChI=1S/C19H28N6O/c1-11(2)17-22-18(24-23-17)16-10-25(9-15(16)13-5-6-13)8-14-7-20-19(26-4)21-12(14)3/h7,11,13,15-16H,5-6,8-10H2,1-4H3,(H,22,23,24)/t15-,16+/m1/s1. The van der Waals surface area contributed by atoms with Crippen molar-refractivity contribution in [2.45, 2.75) is 52.0 Å². The van der Waals surface area contributed by atoms with Gasteiger partial charge in [-0.2, -0.15) is 5.10 Å². The largest absolute Gasteiger partial charge is 0.467 e. The number of ether oxygens (including phenoxy) is 1. The number of nitrogens with one attached hydrogen (secondary N) is 1. The van der Waals surface area contributed by atoms with Gasteiger partial charge in [0.15, 0.2) is 5.82 Å². The summed E-state index contributed by atoms with van der Waals surface area (Å²) in [6.45, 7) is 9.30. The number of nitrogens with zero attached hydrogens (tertiary/aromatic N) is 5. The summed E-state index contributed by atoms with van der Waals surface area (Å²) in [5, 5.41) is 7.65. The number of aromatic nitrogens is 5. The Morgan fingerprint density at radius 3 is 2.69 bits per heavy atom. The van der Waals surface area contributed by atoms with E-state index in [0.29, 0.717) is 23.8 Å². The average molecular weight is 356 g/mol. The Kier molecular flexibility index (Phi) is 4.65. The molecule has 2 fully saturated rings. The maximum Gasteiger partial charge on any atom is 0.316 e. The number of rotatable bonds is 6. The molecule has 1 saturated heterocycles. The van der Waals surface area contributed by atoms with Crippen LogP contribution >= 0.6 is 0 Å². The summed E-state index contributed by atoms with van der Waals surface area (Å²) < 4.78 is 5.12. The highest BCUT2D eigenvalue weighted by molar-refractivity contribution is 5.19. The summed E-state index contributed by atoms with van der Waals surface area (Å²) in [6, 6.07) is 0.435. The number of methoxy groups -OCH3 is 1. The normalized spacial score (nSPS) is 23.7. The molecule has 3 heterocycles. The Hall–Kier alpha value is -2.02. The maximum absolute atomic E-state index is 5.12. The maximum atomic E-state index is 5.12. The minimum absolute atomic E-state index is 0.357. The highest BCUT2D eigenvalue weighted by Gasteiger charge is 2.44. The molecule has 2 aliphatic rings. The van der Waals surface area contributed by atoms with Crippen LogP contribution in [0.15, 0.2) is 6.20 Å². The van der Waals surface area contributed by atoms with Crippen molar-refractivity contribution in [3.63, 3.8) is 0 Å². The van der Waals surface area contributed by atoms with Gasteiger partial charge in [-0.15, -0.1) is 0 Å². The second-order valence-electron chi connectivity index (χ2n) is 8.00. The van der Waals surface area contributed by atoms with E-state index >= 15 is 0 Å². The van der Waals surface area contributed by atoms with Gasteiger partial charge in [0.05, 0.1) is 7.11 Å². The molecule has 0 spiro atoms. The molecule has 0 unspecified atom stereocenters. The summed E-state index contributed by atoms with van der Waals surface area (Å²) in [6.07, 6.45) is 4.60. The van der Waals surface area contributed by atoms with Crippen molar-refractivity contribution in [3.8, 4) is 6.01 Å². The predicted molar refractivity (Wildman–Crippen MR) is 98.0 cm³/mol. The Bertz CT molecular complexity index is 769. The highest BCUT2D eigenvalue weighted by atomic mass is 16.5. The van der Waals surface area contributed by atoms with Crippen molar-refractivity contribution in [1.82, 2.24) is 30.0 Å². The summed E-state index contributed by atoms with van der Waals surface area (Å²) >= 11 is 0. The van der Waals surface area contributed by atoms with Gasteiger partial charge in [0, 0.05) is 48.9 Å². The zero-order chi connectivity index (χ0) is 18.3. The van der Waals surface area contributed by atoms with Crippen LogP contribution in [0, 0.1) is 18.8 Å². The van der Waals surface area contributed by atoms with Crippen LogP contribution in [0.5, 0.6) is 6.01 Å². The molecule has 140 valence electrons. The first-order chi connectivity index (χ1) is 12.5. The van der Waals surface area contributed by atoms with Gasteiger partial charge in [-0.05, 0) is 31.6 Å². The SMILES string of the molecule is COc1ncc(CN2C[C@H](c3nc(C(C)C)n[nH]3)[C@@H](C3CC3)C2)c(C)n1. The molecule has 7 heteroatoms. The second-order valence-corrected chi connectivity index (χ2v) is 8.00. The molecular weight excluding hydrogens is 328 g/mol. The highest BCUT2D eigenvalue weighted by Crippen LogP contribution is 2.47. The molecule has 2 aromatic heterocycles. The third-order valence-electron chi connectivity index (χ3n) is 5.69. The minimum Gasteiger partial charge on any atom is -0.467 e. The van der Waals surface area contributed by atoms with Crippen LogP contribution in [-0.2, 0) is 6.54 Å². The third-order valence-corrected chi connectivity index (χ3v) is 5.69. The molecule has 0 bridgehead atoms. The van der Waals surface area contributed by atoms with Gasteiger partial charge < -0.3 is 4.74 Å². The van der Waals surface area contributed by atoms with Gasteiger partial charge in [0.1, 0.15) is 5.82 Å². The predicted octanol–water partition coefficient (Wildman–Crippen LogP) is 2.66. The molecule has 26 heavy (non-hydrogen) atoms. The van der Waals surface area contributed by atoms with Crippen molar-refractivity contribution >= 4 is 0 Å². The van der Waals surface area contributed by atoms with E-state index in [9.17, 15) is 0 Å². The quantitative estimate of drug-likeness (QED) is 0.857. The van der Waals surface area contributed by atoms with Gasteiger partial charge >= 0.3 is 6.01 Å². The lowest BCUT2D eigenvalue weighted by molar-refractivity contribution is 0.307. The topological polar surface area (TPSA) is 79.8 Å². The van der Waals surface area contributed by atoms with E-state index in [-0.39, 0.29) is 0 Å². The van der Waals surface area contributed by atoms with Crippen molar-refractivity contribution < 1.29 is 4.74 Å². The first-order valence-corrected chi connectivity index (χ1v) is 9.56. The van der Waals surface area contributed by atoms with Crippen LogP contribution in [0.2, 0.25) is 0 Å². The van der Waals surface area contributed by atoms with Gasteiger partial charge in [-0.1, -0.05) is 13.8 Å². The van der Waals surface area contributed by atoms with E-state index in [2.05, 4.69) is 38.9 Å². The lowest BCUT2D eigenvalue weighted by atomic mass is 9.91. The Balaban J connectivity index is 1.50. The van der Waals surface area contributed by atoms with Crippen molar-refractivity contribution in [3.05, 3.63) is 29.1 Å². The summed E-state index contributed by atoms with van der Waals surface area (Å²) in [5.74, 6) is 4.30. The number of aryl methyl sites for hydroxylation is 1. The Labute approximate surface area is 154 Å². The van der Waals surface area contributed by atoms with E-state index < -0.39 is 0 Å². The Morgan fingerprint density at radius 1 is 1.27 bits per heavy atom. The van der Waals surface area contributed by atoms with Gasteiger partial charge in [0.25, 0.3) is 0 Å². The van der Waals surface area contributed by atoms with Crippen LogP contribution in [0.1, 0.15) is 61.4 Å². The smallest absolute Gasteiger partial charge is 0.316 e. The van der Waals surface area contributed by atoms with Crippen molar-refractivity contribution in [1.29, 1.82) is 0 Å². The number of hydrogen-bond acceptors (Lipinski definition) is 6. The summed E-state index contributed by atoms with van der Waals surface area (Å²) in [4.78, 5) is 16.0. The van der Waals surface area contributed by atoms with Crippen LogP contribution in [0.4, 0.5) is 0 Å². The third kappa shape index (κ3) is 3.45. The van der Waals surface area contributed by atoms with E-state index in [1.807, 2.05) is 13.1 Å². The molecule has 0 aromatic carbocycles. The van der Waals surface area contributed by atoms with Gasteiger partial charge in [0.2, 0.25) is 0 Å². The fourth-order valence-corrected chi connectivity index (χ4v) is 4.01. The average Bonchev–Trinajstić information content (AvgIpc) is 3.19. The molecule has 0 radical (unpaired) electrons. The first kappa shape index (κ1) is 17.4. The molecule has 2 atom stereocenters. The van der Waals surface area contributed by atoms with Crippen molar-refractivity contribution in [2.75, 3.05) is 20.2 Å². The molecule has 1 aliphatic carbocycles. The Morgan fingerprint density at radius 2 is 2.08 bits per heavy atom. The lowest BCUT2D eigenvalue weighted by Crippen LogP contribution is -2.21. The molecule has 2 aromatic rings. The minimum atomic E-state index is 0.357.